The Morgan fingerprint density at radius 3 is 2.44 bits per heavy atom. The van der Waals surface area contributed by atoms with Crippen LogP contribution in [0.2, 0.25) is 0 Å². The molecule has 0 saturated heterocycles. The van der Waals surface area contributed by atoms with Crippen molar-refractivity contribution < 1.29 is 0 Å². The fourth-order valence-corrected chi connectivity index (χ4v) is 3.63. The number of nitrogens with zero attached hydrogens (tertiary/aromatic N) is 3. The van der Waals surface area contributed by atoms with Gasteiger partial charge in [-0.1, -0.05) is 31.2 Å². The van der Waals surface area contributed by atoms with Crippen molar-refractivity contribution in [2.24, 2.45) is 4.99 Å². The molecule has 0 atom stereocenters. The van der Waals surface area contributed by atoms with Crippen molar-refractivity contribution in [1.29, 1.82) is 0 Å². The second kappa shape index (κ2) is 11.1. The molecule has 2 aromatic heterocycles. The van der Waals surface area contributed by atoms with Gasteiger partial charge in [0.15, 0.2) is 5.96 Å². The monoisotopic (exact) mass is 495 g/mol. The number of thiophene rings is 1. The fraction of sp³-hybridized carbons (Fsp3) is 0.300. The van der Waals surface area contributed by atoms with Crippen LogP contribution >= 0.6 is 35.3 Å². The topological polar surface area (TPSA) is 54.2 Å². The average Bonchev–Trinajstić information content (AvgIpc) is 3.34. The lowest BCUT2D eigenvalue weighted by Crippen LogP contribution is -2.36. The number of aryl methyl sites for hydroxylation is 1. The fourth-order valence-electron chi connectivity index (χ4n) is 2.73. The molecule has 0 spiro atoms. The Kier molecular flexibility index (Phi) is 8.80. The molecule has 5 nitrogen and oxygen atoms in total. The number of benzene rings is 1. The van der Waals surface area contributed by atoms with Gasteiger partial charge < -0.3 is 10.6 Å². The van der Waals surface area contributed by atoms with Crippen molar-refractivity contribution in [2.45, 2.75) is 33.0 Å². The normalized spacial score (nSPS) is 11.1. The Hall–Kier alpha value is -1.87. The summed E-state index contributed by atoms with van der Waals surface area (Å²) in [4.78, 5) is 7.07. The Labute approximate surface area is 181 Å². The Bertz CT molecular complexity index is 842. The van der Waals surface area contributed by atoms with Gasteiger partial charge in [0.25, 0.3) is 0 Å². The van der Waals surface area contributed by atoms with Crippen LogP contribution in [0.15, 0.2) is 59.9 Å². The third-order valence-electron chi connectivity index (χ3n) is 4.18. The zero-order chi connectivity index (χ0) is 18.2. The van der Waals surface area contributed by atoms with E-state index in [1.165, 1.54) is 20.9 Å². The number of aromatic nitrogens is 2. The van der Waals surface area contributed by atoms with Gasteiger partial charge in [-0.15, -0.1) is 35.3 Å². The van der Waals surface area contributed by atoms with Crippen LogP contribution in [0, 0.1) is 0 Å². The summed E-state index contributed by atoms with van der Waals surface area (Å²) >= 11 is 1.85. The van der Waals surface area contributed by atoms with Gasteiger partial charge in [-0.2, -0.15) is 5.10 Å². The van der Waals surface area contributed by atoms with Crippen LogP contribution in [-0.4, -0.2) is 22.8 Å². The molecule has 3 rings (SSSR count). The summed E-state index contributed by atoms with van der Waals surface area (Å²) in [6.07, 6.45) is 4.88. The molecule has 0 amide bonds. The van der Waals surface area contributed by atoms with Crippen molar-refractivity contribution in [3.05, 3.63) is 75.7 Å². The van der Waals surface area contributed by atoms with E-state index in [1.807, 2.05) is 28.3 Å². The van der Waals surface area contributed by atoms with Crippen LogP contribution in [-0.2, 0) is 26.1 Å². The van der Waals surface area contributed by atoms with Crippen molar-refractivity contribution in [1.82, 2.24) is 20.4 Å². The molecule has 0 bridgehead atoms. The highest BCUT2D eigenvalue weighted by molar-refractivity contribution is 14.0. The van der Waals surface area contributed by atoms with E-state index >= 15 is 0 Å². The third-order valence-corrected chi connectivity index (χ3v) is 5.41. The first kappa shape index (κ1) is 21.4. The van der Waals surface area contributed by atoms with E-state index in [0.717, 1.165) is 32.0 Å². The molecule has 2 heterocycles. The lowest BCUT2D eigenvalue weighted by molar-refractivity contribution is 0.677. The van der Waals surface area contributed by atoms with Crippen molar-refractivity contribution in [2.75, 3.05) is 7.05 Å². The quantitative estimate of drug-likeness (QED) is 0.296. The van der Waals surface area contributed by atoms with Crippen LogP contribution in [0.4, 0.5) is 0 Å². The van der Waals surface area contributed by atoms with Crippen LogP contribution in [0.5, 0.6) is 0 Å². The molecule has 0 saturated carbocycles. The molecule has 7 heteroatoms. The predicted molar refractivity (Wildman–Crippen MR) is 124 cm³/mol. The molecule has 0 aliphatic rings. The largest absolute Gasteiger partial charge is 0.352 e. The molecule has 3 aromatic rings. The number of nitrogens with one attached hydrogen (secondary N) is 2. The minimum atomic E-state index is 0. The maximum Gasteiger partial charge on any atom is 0.191 e. The molecule has 0 unspecified atom stereocenters. The second-order valence-corrected chi connectivity index (χ2v) is 7.23. The van der Waals surface area contributed by atoms with Crippen molar-refractivity contribution in [3.8, 4) is 0 Å². The van der Waals surface area contributed by atoms with E-state index in [-0.39, 0.29) is 24.0 Å². The molecular formula is C20H26IN5S. The SMILES string of the molecule is CCc1ccc(CNC(=NC)NCc2ccccc2Cn2cccn2)s1.I. The molecule has 144 valence electrons. The van der Waals surface area contributed by atoms with E-state index in [9.17, 15) is 0 Å². The highest BCUT2D eigenvalue weighted by Crippen LogP contribution is 2.16. The Balaban J connectivity index is 0.00000261. The minimum absolute atomic E-state index is 0. The lowest BCUT2D eigenvalue weighted by Gasteiger charge is -2.14. The maximum absolute atomic E-state index is 4.33. The molecule has 1 aromatic carbocycles. The number of guanidine groups is 1. The minimum Gasteiger partial charge on any atom is -0.352 e. The molecule has 0 fully saturated rings. The zero-order valence-corrected chi connectivity index (χ0v) is 18.8. The number of rotatable bonds is 7. The van der Waals surface area contributed by atoms with Gasteiger partial charge >= 0.3 is 0 Å². The van der Waals surface area contributed by atoms with E-state index in [4.69, 9.17) is 0 Å². The van der Waals surface area contributed by atoms with Crippen molar-refractivity contribution >= 4 is 41.3 Å². The first-order valence-corrected chi connectivity index (χ1v) is 9.66. The van der Waals surface area contributed by atoms with Crippen LogP contribution in [0.1, 0.15) is 27.8 Å². The molecule has 27 heavy (non-hydrogen) atoms. The standard InChI is InChI=1S/C20H25N5S.HI/c1-3-18-9-10-19(26-18)14-23-20(21-2)22-13-16-7-4-5-8-17(16)15-25-12-6-11-24-25;/h4-12H,3,13-15H2,1-2H3,(H2,21,22,23);1H. The average molecular weight is 495 g/mol. The van der Waals surface area contributed by atoms with E-state index in [0.29, 0.717) is 0 Å². The van der Waals surface area contributed by atoms with Gasteiger partial charge in [-0.25, -0.2) is 0 Å². The molecular weight excluding hydrogens is 469 g/mol. The summed E-state index contributed by atoms with van der Waals surface area (Å²) in [6.45, 7) is 4.47. The number of hydrogen-bond donors (Lipinski definition) is 2. The van der Waals surface area contributed by atoms with Gasteiger partial charge in [0, 0.05) is 35.7 Å². The van der Waals surface area contributed by atoms with Gasteiger partial charge in [-0.3, -0.25) is 9.67 Å². The van der Waals surface area contributed by atoms with Gasteiger partial charge in [0.05, 0.1) is 13.1 Å². The number of halogens is 1. The molecule has 0 aliphatic carbocycles. The van der Waals surface area contributed by atoms with E-state index < -0.39 is 0 Å². The highest BCUT2D eigenvalue weighted by Gasteiger charge is 2.05. The highest BCUT2D eigenvalue weighted by atomic mass is 127. The third kappa shape index (κ3) is 6.35. The summed E-state index contributed by atoms with van der Waals surface area (Å²) in [5.41, 5.74) is 2.50. The maximum atomic E-state index is 4.33. The second-order valence-electron chi connectivity index (χ2n) is 5.97. The first-order chi connectivity index (χ1) is 12.8. The summed E-state index contributed by atoms with van der Waals surface area (Å²) in [7, 11) is 1.80. The van der Waals surface area contributed by atoms with E-state index in [1.54, 1.807) is 13.2 Å². The van der Waals surface area contributed by atoms with Gasteiger partial charge in [-0.05, 0) is 35.7 Å². The summed E-state index contributed by atoms with van der Waals surface area (Å²) in [5, 5.41) is 11.1. The van der Waals surface area contributed by atoms with Gasteiger partial charge in [0.2, 0.25) is 0 Å². The zero-order valence-electron chi connectivity index (χ0n) is 15.7. The number of hydrogen-bond acceptors (Lipinski definition) is 3. The lowest BCUT2D eigenvalue weighted by atomic mass is 10.1. The summed E-state index contributed by atoms with van der Waals surface area (Å²) in [6, 6.07) is 14.8. The van der Waals surface area contributed by atoms with Crippen LogP contribution in [0.25, 0.3) is 0 Å². The van der Waals surface area contributed by atoms with Crippen LogP contribution < -0.4 is 10.6 Å². The molecule has 0 aliphatic heterocycles. The predicted octanol–water partition coefficient (Wildman–Crippen LogP) is 4.04. The first-order valence-electron chi connectivity index (χ1n) is 8.84. The Morgan fingerprint density at radius 1 is 1.04 bits per heavy atom. The summed E-state index contributed by atoms with van der Waals surface area (Å²) < 4.78 is 1.94. The number of aliphatic imine (C=N–C) groups is 1. The van der Waals surface area contributed by atoms with Crippen LogP contribution in [0.3, 0.4) is 0 Å². The Morgan fingerprint density at radius 2 is 1.78 bits per heavy atom. The summed E-state index contributed by atoms with van der Waals surface area (Å²) in [5.74, 6) is 0.811. The smallest absolute Gasteiger partial charge is 0.191 e. The molecule has 0 radical (unpaired) electrons. The van der Waals surface area contributed by atoms with E-state index in [2.05, 4.69) is 64.0 Å². The van der Waals surface area contributed by atoms with Gasteiger partial charge in [0.1, 0.15) is 0 Å². The molecule has 2 N–H and O–H groups in total. The van der Waals surface area contributed by atoms with Crippen molar-refractivity contribution in [3.63, 3.8) is 0 Å².